The van der Waals surface area contributed by atoms with Crippen molar-refractivity contribution >= 4 is 5.71 Å². The average molecular weight is 279 g/mol. The molecule has 0 aromatic heterocycles. The second-order valence-corrected chi connectivity index (χ2v) is 4.84. The Kier molecular flexibility index (Phi) is 5.38. The Hall–Kier alpha value is -1.59. The molecule has 2 rings (SSSR count). The van der Waals surface area contributed by atoms with Crippen LogP contribution in [0.25, 0.3) is 0 Å². The van der Waals surface area contributed by atoms with Crippen molar-refractivity contribution in [3.05, 3.63) is 29.3 Å². The van der Waals surface area contributed by atoms with Gasteiger partial charge in [-0.15, -0.1) is 0 Å². The van der Waals surface area contributed by atoms with Crippen molar-refractivity contribution in [2.75, 3.05) is 19.8 Å². The van der Waals surface area contributed by atoms with E-state index in [1.165, 1.54) is 5.56 Å². The molecule has 5 nitrogen and oxygen atoms in total. The third kappa shape index (κ3) is 3.71. The van der Waals surface area contributed by atoms with Gasteiger partial charge in [-0.25, -0.2) is 0 Å². The lowest BCUT2D eigenvalue weighted by Gasteiger charge is -2.18. The summed E-state index contributed by atoms with van der Waals surface area (Å²) in [7, 11) is 0. The molecule has 0 saturated carbocycles. The van der Waals surface area contributed by atoms with Gasteiger partial charge in [-0.1, -0.05) is 11.2 Å². The Morgan fingerprint density at radius 3 is 2.90 bits per heavy atom. The predicted octanol–water partition coefficient (Wildman–Crippen LogP) is 1.98. The number of oxime groups is 1. The summed E-state index contributed by atoms with van der Waals surface area (Å²) in [4.78, 5) is 0. The summed E-state index contributed by atoms with van der Waals surface area (Å²) in [5.74, 6) is 0.669. The van der Waals surface area contributed by atoms with Crippen LogP contribution in [0.15, 0.2) is 23.4 Å². The van der Waals surface area contributed by atoms with Crippen LogP contribution in [0, 0.1) is 0 Å². The Balaban J connectivity index is 2.00. The van der Waals surface area contributed by atoms with Crippen LogP contribution in [0.2, 0.25) is 0 Å². The second-order valence-electron chi connectivity index (χ2n) is 4.84. The van der Waals surface area contributed by atoms with E-state index in [9.17, 15) is 5.11 Å². The number of aliphatic hydroxyl groups excluding tert-OH is 1. The summed E-state index contributed by atoms with van der Waals surface area (Å²) in [6.07, 6.45) is 2.12. The summed E-state index contributed by atoms with van der Waals surface area (Å²) in [5, 5.41) is 22.1. The normalized spacial score (nSPS) is 17.8. The molecule has 1 aromatic rings. The van der Waals surface area contributed by atoms with Crippen LogP contribution in [0.4, 0.5) is 0 Å². The first-order valence-electron chi connectivity index (χ1n) is 6.97. The summed E-state index contributed by atoms with van der Waals surface area (Å²) in [6, 6.07) is 5.74. The highest BCUT2D eigenvalue weighted by Gasteiger charge is 2.17. The maximum atomic E-state index is 9.66. The van der Waals surface area contributed by atoms with Crippen LogP contribution in [-0.2, 0) is 11.2 Å². The molecule has 0 amide bonds. The van der Waals surface area contributed by atoms with E-state index in [-0.39, 0.29) is 13.2 Å². The van der Waals surface area contributed by atoms with Gasteiger partial charge in [-0.3, -0.25) is 0 Å². The Morgan fingerprint density at radius 2 is 2.15 bits per heavy atom. The highest BCUT2D eigenvalue weighted by Crippen LogP contribution is 2.26. The standard InChI is InChI=1S/C15H21NO4/c1-2-19-9-12(17)10-20-13-7-6-11-4-3-5-15(16-18)14(11)8-13/h6-8,12,17-18H,2-5,9-10H2,1H3/b16-15-. The molecule has 1 unspecified atom stereocenters. The number of aryl methyl sites for hydroxylation is 1. The van der Waals surface area contributed by atoms with Crippen LogP contribution < -0.4 is 4.74 Å². The van der Waals surface area contributed by atoms with Crippen LogP contribution >= 0.6 is 0 Å². The number of hydrogen-bond acceptors (Lipinski definition) is 5. The molecule has 1 aliphatic carbocycles. The molecule has 0 radical (unpaired) electrons. The zero-order valence-electron chi connectivity index (χ0n) is 11.7. The Labute approximate surface area is 118 Å². The first-order chi connectivity index (χ1) is 9.74. The predicted molar refractivity (Wildman–Crippen MR) is 75.7 cm³/mol. The number of benzene rings is 1. The summed E-state index contributed by atoms with van der Waals surface area (Å²) in [6.45, 7) is 2.91. The molecule has 110 valence electrons. The first-order valence-corrected chi connectivity index (χ1v) is 6.97. The van der Waals surface area contributed by atoms with Crippen LogP contribution in [0.5, 0.6) is 5.75 Å². The first kappa shape index (κ1) is 14.8. The maximum Gasteiger partial charge on any atom is 0.120 e. The Morgan fingerprint density at radius 1 is 1.30 bits per heavy atom. The number of rotatable bonds is 6. The quantitative estimate of drug-likeness (QED) is 0.617. The van der Waals surface area contributed by atoms with Gasteiger partial charge in [-0.05, 0) is 43.9 Å². The van der Waals surface area contributed by atoms with E-state index < -0.39 is 6.10 Å². The van der Waals surface area contributed by atoms with Gasteiger partial charge >= 0.3 is 0 Å². The van der Waals surface area contributed by atoms with E-state index in [1.54, 1.807) is 0 Å². The van der Waals surface area contributed by atoms with Gasteiger partial charge < -0.3 is 19.8 Å². The fourth-order valence-electron chi connectivity index (χ4n) is 2.31. The van der Waals surface area contributed by atoms with E-state index in [1.807, 2.05) is 25.1 Å². The van der Waals surface area contributed by atoms with Gasteiger partial charge in [0.15, 0.2) is 0 Å². The summed E-state index contributed by atoms with van der Waals surface area (Å²) < 4.78 is 10.7. The molecule has 0 bridgehead atoms. The van der Waals surface area contributed by atoms with Crippen molar-refractivity contribution < 1.29 is 19.8 Å². The molecule has 5 heteroatoms. The van der Waals surface area contributed by atoms with Crippen molar-refractivity contribution in [3.63, 3.8) is 0 Å². The zero-order chi connectivity index (χ0) is 14.4. The van der Waals surface area contributed by atoms with Gasteiger partial charge in [0.05, 0.1) is 12.3 Å². The lowest BCUT2D eigenvalue weighted by Crippen LogP contribution is -2.23. The molecule has 0 aliphatic heterocycles. The summed E-state index contributed by atoms with van der Waals surface area (Å²) >= 11 is 0. The fraction of sp³-hybridized carbons (Fsp3) is 0.533. The summed E-state index contributed by atoms with van der Waals surface area (Å²) in [5.41, 5.74) is 2.81. The van der Waals surface area contributed by atoms with Gasteiger partial charge in [0.1, 0.15) is 18.5 Å². The topological polar surface area (TPSA) is 71.3 Å². The molecule has 0 heterocycles. The molecular formula is C15H21NO4. The van der Waals surface area contributed by atoms with Crippen molar-refractivity contribution in [2.45, 2.75) is 32.3 Å². The van der Waals surface area contributed by atoms with E-state index in [0.29, 0.717) is 18.1 Å². The van der Waals surface area contributed by atoms with Crippen LogP contribution in [-0.4, -0.2) is 42.0 Å². The molecule has 2 N–H and O–H groups in total. The van der Waals surface area contributed by atoms with E-state index in [0.717, 1.165) is 24.8 Å². The van der Waals surface area contributed by atoms with Gasteiger partial charge in [0, 0.05) is 12.2 Å². The number of nitrogens with zero attached hydrogens (tertiary/aromatic N) is 1. The minimum Gasteiger partial charge on any atom is -0.491 e. The smallest absolute Gasteiger partial charge is 0.120 e. The molecule has 1 aliphatic rings. The van der Waals surface area contributed by atoms with E-state index >= 15 is 0 Å². The van der Waals surface area contributed by atoms with Crippen molar-refractivity contribution in [1.29, 1.82) is 0 Å². The van der Waals surface area contributed by atoms with E-state index in [4.69, 9.17) is 14.7 Å². The lowest BCUT2D eigenvalue weighted by molar-refractivity contribution is 0.0164. The number of fused-ring (bicyclic) bond motifs is 1. The number of ether oxygens (including phenoxy) is 2. The van der Waals surface area contributed by atoms with E-state index in [2.05, 4.69) is 5.16 Å². The minimum atomic E-state index is -0.642. The SMILES string of the molecule is CCOCC(O)COc1ccc2c(c1)/C(=N\O)CCC2. The van der Waals surface area contributed by atoms with Crippen molar-refractivity contribution in [2.24, 2.45) is 5.16 Å². The number of hydrogen-bond donors (Lipinski definition) is 2. The maximum absolute atomic E-state index is 9.66. The molecule has 0 fully saturated rings. The van der Waals surface area contributed by atoms with Crippen molar-refractivity contribution in [1.82, 2.24) is 0 Å². The molecule has 20 heavy (non-hydrogen) atoms. The second kappa shape index (κ2) is 7.26. The third-order valence-corrected chi connectivity index (χ3v) is 3.33. The molecule has 0 spiro atoms. The fourth-order valence-corrected chi connectivity index (χ4v) is 2.31. The van der Waals surface area contributed by atoms with Gasteiger partial charge in [-0.2, -0.15) is 0 Å². The average Bonchev–Trinajstić information content (AvgIpc) is 2.50. The molecule has 0 saturated heterocycles. The largest absolute Gasteiger partial charge is 0.491 e. The third-order valence-electron chi connectivity index (χ3n) is 3.33. The van der Waals surface area contributed by atoms with Gasteiger partial charge in [0.2, 0.25) is 0 Å². The monoisotopic (exact) mass is 279 g/mol. The zero-order valence-corrected chi connectivity index (χ0v) is 11.7. The van der Waals surface area contributed by atoms with Crippen molar-refractivity contribution in [3.8, 4) is 5.75 Å². The van der Waals surface area contributed by atoms with Gasteiger partial charge in [0.25, 0.3) is 0 Å². The lowest BCUT2D eigenvalue weighted by atomic mass is 9.90. The molecular weight excluding hydrogens is 258 g/mol. The van der Waals surface area contributed by atoms with Crippen LogP contribution in [0.3, 0.4) is 0 Å². The molecule has 1 aromatic carbocycles. The Bertz CT molecular complexity index is 473. The molecule has 1 atom stereocenters. The van der Waals surface area contributed by atoms with Crippen LogP contribution in [0.1, 0.15) is 30.9 Å². The highest BCUT2D eigenvalue weighted by atomic mass is 16.5. The number of aliphatic hydroxyl groups is 1. The highest BCUT2D eigenvalue weighted by molar-refractivity contribution is 6.02. The minimum absolute atomic E-state index is 0.185.